The zero-order valence-electron chi connectivity index (χ0n) is 14.7. The molecule has 1 saturated heterocycles. The van der Waals surface area contributed by atoms with Crippen LogP contribution >= 0.6 is 0 Å². The number of carbonyl (C=O) groups is 2. The first-order valence-electron chi connectivity index (χ1n) is 8.13. The summed E-state index contributed by atoms with van der Waals surface area (Å²) in [6, 6.07) is 8.07. The van der Waals surface area contributed by atoms with Crippen molar-refractivity contribution in [2.24, 2.45) is 4.99 Å². The van der Waals surface area contributed by atoms with Gasteiger partial charge in [-0.15, -0.1) is 0 Å². The van der Waals surface area contributed by atoms with Gasteiger partial charge in [0.25, 0.3) is 5.95 Å². The molecule has 0 bridgehead atoms. The number of amides is 1. The Morgan fingerprint density at radius 1 is 1.19 bits per heavy atom. The molecule has 3 rings (SSSR count). The lowest BCUT2D eigenvalue weighted by atomic mass is 10.1. The number of guanidine groups is 1. The molecule has 0 radical (unpaired) electrons. The van der Waals surface area contributed by atoms with E-state index in [1.54, 1.807) is 18.2 Å². The van der Waals surface area contributed by atoms with Gasteiger partial charge in [0.2, 0.25) is 11.9 Å². The van der Waals surface area contributed by atoms with Gasteiger partial charge >= 0.3 is 5.97 Å². The Hall–Kier alpha value is -3.29. The fraction of sp³-hybridized carbons (Fsp3) is 0.278. The number of carboxylic acids is 1. The van der Waals surface area contributed by atoms with Crippen molar-refractivity contribution in [3.63, 3.8) is 0 Å². The molecule has 26 heavy (non-hydrogen) atoms. The Balaban J connectivity index is 2.11. The van der Waals surface area contributed by atoms with Crippen LogP contribution in [0, 0.1) is 20.8 Å². The predicted molar refractivity (Wildman–Crippen MR) is 96.4 cm³/mol. The summed E-state index contributed by atoms with van der Waals surface area (Å²) in [5.41, 5.74) is 3.12. The Bertz CT molecular complexity index is 872. The average molecular weight is 353 g/mol. The number of benzene rings is 1. The summed E-state index contributed by atoms with van der Waals surface area (Å²) >= 11 is 0. The van der Waals surface area contributed by atoms with Gasteiger partial charge in [0, 0.05) is 17.1 Å². The van der Waals surface area contributed by atoms with E-state index in [4.69, 9.17) is 0 Å². The molecule has 0 aliphatic carbocycles. The van der Waals surface area contributed by atoms with E-state index in [1.165, 1.54) is 4.90 Å². The van der Waals surface area contributed by atoms with Crippen LogP contribution in [-0.4, -0.2) is 39.0 Å². The number of nitrogens with zero attached hydrogens (tertiary/aromatic N) is 4. The maximum atomic E-state index is 12.0. The molecule has 1 aromatic heterocycles. The Morgan fingerprint density at radius 2 is 1.81 bits per heavy atom. The molecule has 1 aliphatic rings. The molecule has 2 N–H and O–H groups in total. The number of rotatable bonds is 3. The topological polar surface area (TPSA) is 108 Å². The van der Waals surface area contributed by atoms with Gasteiger partial charge in [-0.25, -0.2) is 14.8 Å². The summed E-state index contributed by atoms with van der Waals surface area (Å²) in [7, 11) is 0. The predicted octanol–water partition coefficient (Wildman–Crippen LogP) is 1.87. The van der Waals surface area contributed by atoms with Crippen LogP contribution in [0.2, 0.25) is 0 Å². The number of aliphatic carboxylic acids is 1. The van der Waals surface area contributed by atoms with Gasteiger partial charge < -0.3 is 5.11 Å². The molecule has 1 amide bonds. The quantitative estimate of drug-likeness (QED) is 0.872. The number of aromatic nitrogens is 2. The standard InChI is InChI=1S/C18H19N5O3/c1-10-4-6-13(7-5-10)23-14(16(25)26)9-15(24)21-18(23)22-17-19-11(2)8-12(3)20-17/h4-8,14H,9H2,1-3H3,(H,25,26)(H,19,20,21,22,24)/t14-/m0/s1. The van der Waals surface area contributed by atoms with Gasteiger partial charge in [-0.2, -0.15) is 4.99 Å². The lowest BCUT2D eigenvalue weighted by Crippen LogP contribution is -2.58. The van der Waals surface area contributed by atoms with Crippen LogP contribution in [0.4, 0.5) is 11.6 Å². The van der Waals surface area contributed by atoms with Crippen molar-refractivity contribution < 1.29 is 14.7 Å². The Labute approximate surface area is 150 Å². The van der Waals surface area contributed by atoms with E-state index in [0.717, 1.165) is 17.0 Å². The molecule has 1 aliphatic heterocycles. The van der Waals surface area contributed by atoms with Crippen molar-refractivity contribution in [1.82, 2.24) is 15.3 Å². The van der Waals surface area contributed by atoms with E-state index in [-0.39, 0.29) is 18.3 Å². The molecule has 2 aromatic rings. The first-order chi connectivity index (χ1) is 12.3. The molecular weight excluding hydrogens is 334 g/mol. The van der Waals surface area contributed by atoms with Crippen molar-refractivity contribution in [2.45, 2.75) is 33.2 Å². The number of carboxylic acid groups (broad SMARTS) is 1. The molecule has 134 valence electrons. The minimum Gasteiger partial charge on any atom is -0.480 e. The van der Waals surface area contributed by atoms with Crippen LogP contribution in [-0.2, 0) is 9.59 Å². The van der Waals surface area contributed by atoms with Crippen LogP contribution in [0.15, 0.2) is 35.3 Å². The van der Waals surface area contributed by atoms with E-state index >= 15 is 0 Å². The van der Waals surface area contributed by atoms with E-state index in [1.807, 2.05) is 32.9 Å². The highest BCUT2D eigenvalue weighted by atomic mass is 16.4. The van der Waals surface area contributed by atoms with Crippen molar-refractivity contribution in [3.8, 4) is 0 Å². The maximum absolute atomic E-state index is 12.0. The highest BCUT2D eigenvalue weighted by Gasteiger charge is 2.37. The molecule has 8 nitrogen and oxygen atoms in total. The number of anilines is 1. The van der Waals surface area contributed by atoms with Gasteiger partial charge in [0.05, 0.1) is 6.42 Å². The monoisotopic (exact) mass is 353 g/mol. The minimum atomic E-state index is -1.10. The van der Waals surface area contributed by atoms with Gasteiger partial charge in [-0.1, -0.05) is 17.7 Å². The van der Waals surface area contributed by atoms with Gasteiger partial charge in [-0.05, 0) is 39.0 Å². The Morgan fingerprint density at radius 3 is 2.38 bits per heavy atom. The zero-order valence-corrected chi connectivity index (χ0v) is 14.7. The average Bonchev–Trinajstić information content (AvgIpc) is 2.54. The highest BCUT2D eigenvalue weighted by molar-refractivity contribution is 6.13. The normalized spacial score (nSPS) is 18.7. The number of hydrogen-bond acceptors (Lipinski definition) is 5. The summed E-state index contributed by atoms with van der Waals surface area (Å²) < 4.78 is 0. The number of aliphatic imine (C=N–C) groups is 1. The number of nitrogens with one attached hydrogen (secondary N) is 1. The summed E-state index contributed by atoms with van der Waals surface area (Å²) in [4.78, 5) is 38.1. The Kier molecular flexibility index (Phi) is 4.66. The molecule has 1 aromatic carbocycles. The van der Waals surface area contributed by atoms with Crippen LogP contribution in [0.1, 0.15) is 23.4 Å². The van der Waals surface area contributed by atoms with Crippen molar-refractivity contribution in [2.75, 3.05) is 4.90 Å². The summed E-state index contributed by atoms with van der Waals surface area (Å²) in [5, 5.41) is 12.3. The second-order valence-corrected chi connectivity index (χ2v) is 6.20. The molecule has 1 fully saturated rings. The first-order valence-corrected chi connectivity index (χ1v) is 8.13. The summed E-state index contributed by atoms with van der Waals surface area (Å²) in [6.07, 6.45) is -0.171. The zero-order chi connectivity index (χ0) is 18.8. The van der Waals surface area contributed by atoms with Gasteiger partial charge in [0.15, 0.2) is 0 Å². The van der Waals surface area contributed by atoms with Crippen LogP contribution in [0.5, 0.6) is 0 Å². The molecule has 2 heterocycles. The van der Waals surface area contributed by atoms with Crippen LogP contribution in [0.3, 0.4) is 0 Å². The third-order valence-electron chi connectivity index (χ3n) is 3.94. The molecule has 0 unspecified atom stereocenters. The van der Waals surface area contributed by atoms with E-state index in [9.17, 15) is 14.7 Å². The SMILES string of the molecule is Cc1ccc(N2C(=Nc3nc(C)cc(C)n3)NC(=O)C[C@H]2C(=O)O)cc1. The fourth-order valence-corrected chi connectivity index (χ4v) is 2.79. The van der Waals surface area contributed by atoms with Crippen molar-refractivity contribution in [3.05, 3.63) is 47.3 Å². The van der Waals surface area contributed by atoms with E-state index in [2.05, 4.69) is 20.3 Å². The number of carbonyl (C=O) groups excluding carboxylic acids is 1. The van der Waals surface area contributed by atoms with Crippen LogP contribution in [0.25, 0.3) is 0 Å². The molecule has 8 heteroatoms. The van der Waals surface area contributed by atoms with Gasteiger partial charge in [0.1, 0.15) is 6.04 Å². The molecule has 0 spiro atoms. The summed E-state index contributed by atoms with van der Waals surface area (Å²) in [5.74, 6) is -1.25. The number of hydrogen-bond donors (Lipinski definition) is 2. The first kappa shape index (κ1) is 17.5. The lowest BCUT2D eigenvalue weighted by molar-refractivity contribution is -0.140. The third-order valence-corrected chi connectivity index (χ3v) is 3.94. The minimum absolute atomic E-state index is 0.0995. The van der Waals surface area contributed by atoms with E-state index in [0.29, 0.717) is 5.69 Å². The lowest BCUT2D eigenvalue weighted by Gasteiger charge is -2.35. The van der Waals surface area contributed by atoms with Crippen molar-refractivity contribution >= 4 is 29.5 Å². The van der Waals surface area contributed by atoms with Gasteiger partial charge in [-0.3, -0.25) is 15.0 Å². The van der Waals surface area contributed by atoms with Crippen molar-refractivity contribution in [1.29, 1.82) is 0 Å². The second-order valence-electron chi connectivity index (χ2n) is 6.20. The molecular formula is C18H19N5O3. The molecule has 1 atom stereocenters. The van der Waals surface area contributed by atoms with E-state index < -0.39 is 17.9 Å². The second kappa shape index (κ2) is 6.91. The molecule has 0 saturated carbocycles. The number of aryl methyl sites for hydroxylation is 3. The van der Waals surface area contributed by atoms with Crippen LogP contribution < -0.4 is 10.2 Å². The highest BCUT2D eigenvalue weighted by Crippen LogP contribution is 2.24. The largest absolute Gasteiger partial charge is 0.480 e. The maximum Gasteiger partial charge on any atom is 0.327 e. The summed E-state index contributed by atoms with van der Waals surface area (Å²) in [6.45, 7) is 5.57. The smallest absolute Gasteiger partial charge is 0.327 e. The fourth-order valence-electron chi connectivity index (χ4n) is 2.79. The third kappa shape index (κ3) is 3.69.